The summed E-state index contributed by atoms with van der Waals surface area (Å²) in [4.78, 5) is 11.4. The van der Waals surface area contributed by atoms with Crippen LogP contribution >= 0.6 is 0 Å². The average molecular weight is 270 g/mol. The molecule has 0 aliphatic heterocycles. The van der Waals surface area contributed by atoms with E-state index >= 15 is 0 Å². The van der Waals surface area contributed by atoms with Gasteiger partial charge in [-0.15, -0.1) is 0 Å². The largest absolute Gasteiger partial charge is 0.497 e. The molecule has 0 heterocycles. The number of aliphatic carboxylic acids is 1. The highest BCUT2D eigenvalue weighted by atomic mass is 16.5. The van der Waals surface area contributed by atoms with Crippen molar-refractivity contribution in [3.8, 4) is 5.75 Å². The molecular formula is C17H18O3. The van der Waals surface area contributed by atoms with Crippen LogP contribution in [0.15, 0.2) is 54.6 Å². The van der Waals surface area contributed by atoms with E-state index in [1.165, 1.54) is 0 Å². The predicted molar refractivity (Wildman–Crippen MR) is 78.1 cm³/mol. The number of carboxylic acid groups (broad SMARTS) is 1. The molecule has 0 saturated heterocycles. The first-order chi connectivity index (χ1) is 9.70. The van der Waals surface area contributed by atoms with Gasteiger partial charge in [0.15, 0.2) is 0 Å². The number of carboxylic acids is 1. The summed E-state index contributed by atoms with van der Waals surface area (Å²) in [6.45, 7) is 0. The van der Waals surface area contributed by atoms with Gasteiger partial charge in [0.1, 0.15) is 5.75 Å². The second-order valence-corrected chi connectivity index (χ2v) is 4.69. The fourth-order valence-electron chi connectivity index (χ4n) is 2.26. The van der Waals surface area contributed by atoms with E-state index in [9.17, 15) is 9.90 Å². The Labute approximate surface area is 118 Å². The van der Waals surface area contributed by atoms with Crippen molar-refractivity contribution >= 4 is 5.97 Å². The van der Waals surface area contributed by atoms with Crippen LogP contribution in [0.4, 0.5) is 0 Å². The minimum atomic E-state index is -0.779. The molecule has 20 heavy (non-hydrogen) atoms. The normalized spacial score (nSPS) is 11.8. The molecule has 1 N–H and O–H groups in total. The molecule has 0 unspecified atom stereocenters. The van der Waals surface area contributed by atoms with E-state index < -0.39 is 11.9 Å². The number of hydrogen-bond acceptors (Lipinski definition) is 2. The summed E-state index contributed by atoms with van der Waals surface area (Å²) in [5.74, 6) is -0.449. The zero-order chi connectivity index (χ0) is 14.4. The van der Waals surface area contributed by atoms with Gasteiger partial charge in [0, 0.05) is 0 Å². The molecule has 2 aromatic rings. The van der Waals surface area contributed by atoms with Gasteiger partial charge in [-0.3, -0.25) is 4.79 Å². The summed E-state index contributed by atoms with van der Waals surface area (Å²) in [7, 11) is 1.63. The van der Waals surface area contributed by atoms with E-state index in [1.54, 1.807) is 7.11 Å². The summed E-state index contributed by atoms with van der Waals surface area (Å²) >= 11 is 0. The highest BCUT2D eigenvalue weighted by Gasteiger charge is 2.19. The second-order valence-electron chi connectivity index (χ2n) is 4.69. The molecule has 0 amide bonds. The predicted octanol–water partition coefficient (Wildman–Crippen LogP) is 3.50. The number of rotatable bonds is 6. The second kappa shape index (κ2) is 6.75. The van der Waals surface area contributed by atoms with Gasteiger partial charge >= 0.3 is 5.97 Å². The molecule has 3 nitrogen and oxygen atoms in total. The van der Waals surface area contributed by atoms with E-state index in [0.29, 0.717) is 12.8 Å². The number of methoxy groups -OCH3 is 1. The molecule has 0 fully saturated rings. The van der Waals surface area contributed by atoms with Gasteiger partial charge in [0.05, 0.1) is 13.0 Å². The first kappa shape index (κ1) is 14.1. The Morgan fingerprint density at radius 3 is 2.55 bits per heavy atom. The molecule has 2 rings (SSSR count). The Hall–Kier alpha value is -2.29. The summed E-state index contributed by atoms with van der Waals surface area (Å²) in [5, 5.41) is 9.38. The van der Waals surface area contributed by atoms with Crippen LogP contribution in [0.5, 0.6) is 5.75 Å². The molecule has 1 atom stereocenters. The van der Waals surface area contributed by atoms with Crippen LogP contribution in [-0.2, 0) is 11.2 Å². The highest BCUT2D eigenvalue weighted by Crippen LogP contribution is 2.23. The summed E-state index contributed by atoms with van der Waals surface area (Å²) in [5.41, 5.74) is 1.94. The van der Waals surface area contributed by atoms with E-state index in [1.807, 2.05) is 54.6 Å². The topological polar surface area (TPSA) is 46.5 Å². The Bertz CT molecular complexity index is 563. The highest BCUT2D eigenvalue weighted by molar-refractivity contribution is 5.76. The Kier molecular flexibility index (Phi) is 4.77. The van der Waals surface area contributed by atoms with Crippen molar-refractivity contribution in [3.05, 3.63) is 65.7 Å². The van der Waals surface area contributed by atoms with Crippen LogP contribution in [0, 0.1) is 0 Å². The number of aryl methyl sites for hydroxylation is 1. The molecule has 0 aromatic heterocycles. The number of carbonyl (C=O) groups is 1. The van der Waals surface area contributed by atoms with Crippen LogP contribution in [0.2, 0.25) is 0 Å². The average Bonchev–Trinajstić information content (AvgIpc) is 2.48. The maximum Gasteiger partial charge on any atom is 0.310 e. The van der Waals surface area contributed by atoms with E-state index in [2.05, 4.69) is 0 Å². The van der Waals surface area contributed by atoms with Crippen LogP contribution in [-0.4, -0.2) is 18.2 Å². The molecule has 3 heteroatoms. The summed E-state index contributed by atoms with van der Waals surface area (Å²) in [6.07, 6.45) is 1.29. The summed E-state index contributed by atoms with van der Waals surface area (Å²) < 4.78 is 5.18. The SMILES string of the molecule is COc1cccc(CC[C@@H](C(=O)O)c2ccccc2)c1. The van der Waals surface area contributed by atoms with Gasteiger partial charge in [-0.1, -0.05) is 42.5 Å². The molecule has 0 radical (unpaired) electrons. The lowest BCUT2D eigenvalue weighted by molar-refractivity contribution is -0.138. The van der Waals surface area contributed by atoms with Crippen LogP contribution in [0.3, 0.4) is 0 Å². The Morgan fingerprint density at radius 1 is 1.15 bits per heavy atom. The van der Waals surface area contributed by atoms with Crippen molar-refractivity contribution in [2.75, 3.05) is 7.11 Å². The lowest BCUT2D eigenvalue weighted by atomic mass is 9.92. The third-order valence-electron chi connectivity index (χ3n) is 3.36. The van der Waals surface area contributed by atoms with Crippen LogP contribution in [0.25, 0.3) is 0 Å². The Morgan fingerprint density at radius 2 is 1.90 bits per heavy atom. The van der Waals surface area contributed by atoms with Crippen LogP contribution < -0.4 is 4.74 Å². The van der Waals surface area contributed by atoms with Gasteiger partial charge in [-0.25, -0.2) is 0 Å². The van der Waals surface area contributed by atoms with Gasteiger partial charge in [-0.2, -0.15) is 0 Å². The van der Waals surface area contributed by atoms with Crippen molar-refractivity contribution in [3.63, 3.8) is 0 Å². The van der Waals surface area contributed by atoms with Crippen molar-refractivity contribution in [1.29, 1.82) is 0 Å². The number of benzene rings is 2. The van der Waals surface area contributed by atoms with E-state index in [-0.39, 0.29) is 0 Å². The minimum Gasteiger partial charge on any atom is -0.497 e. The van der Waals surface area contributed by atoms with Crippen molar-refractivity contribution in [2.24, 2.45) is 0 Å². The molecule has 104 valence electrons. The molecule has 0 saturated carbocycles. The molecule has 0 aliphatic carbocycles. The quantitative estimate of drug-likeness (QED) is 0.874. The molecule has 0 aliphatic rings. The van der Waals surface area contributed by atoms with E-state index in [0.717, 1.165) is 16.9 Å². The molecular weight excluding hydrogens is 252 g/mol. The zero-order valence-corrected chi connectivity index (χ0v) is 11.5. The van der Waals surface area contributed by atoms with Crippen molar-refractivity contribution in [1.82, 2.24) is 0 Å². The van der Waals surface area contributed by atoms with Crippen molar-refractivity contribution in [2.45, 2.75) is 18.8 Å². The number of hydrogen-bond donors (Lipinski definition) is 1. The van der Waals surface area contributed by atoms with Crippen LogP contribution in [0.1, 0.15) is 23.5 Å². The first-order valence-corrected chi connectivity index (χ1v) is 6.61. The monoisotopic (exact) mass is 270 g/mol. The molecule has 2 aromatic carbocycles. The lowest BCUT2D eigenvalue weighted by Gasteiger charge is -2.13. The smallest absolute Gasteiger partial charge is 0.310 e. The first-order valence-electron chi connectivity index (χ1n) is 6.61. The maximum atomic E-state index is 11.4. The third-order valence-corrected chi connectivity index (χ3v) is 3.36. The molecule has 0 spiro atoms. The standard InChI is InChI=1S/C17H18O3/c1-20-15-9-5-6-13(12-15)10-11-16(17(18)19)14-7-3-2-4-8-14/h2-9,12,16H,10-11H2,1H3,(H,18,19)/t16-/m1/s1. The van der Waals surface area contributed by atoms with Crippen molar-refractivity contribution < 1.29 is 14.6 Å². The van der Waals surface area contributed by atoms with Gasteiger partial charge in [-0.05, 0) is 36.1 Å². The fourth-order valence-corrected chi connectivity index (χ4v) is 2.26. The fraction of sp³-hybridized carbons (Fsp3) is 0.235. The van der Waals surface area contributed by atoms with Gasteiger partial charge in [0.25, 0.3) is 0 Å². The maximum absolute atomic E-state index is 11.4. The number of ether oxygens (including phenoxy) is 1. The Balaban J connectivity index is 2.08. The van der Waals surface area contributed by atoms with E-state index in [4.69, 9.17) is 4.74 Å². The van der Waals surface area contributed by atoms with Gasteiger partial charge < -0.3 is 9.84 Å². The zero-order valence-electron chi connectivity index (χ0n) is 11.5. The molecule has 0 bridgehead atoms. The summed E-state index contributed by atoms with van der Waals surface area (Å²) in [6, 6.07) is 17.1. The minimum absolute atomic E-state index is 0.470. The van der Waals surface area contributed by atoms with Gasteiger partial charge in [0.2, 0.25) is 0 Å². The lowest BCUT2D eigenvalue weighted by Crippen LogP contribution is -2.12. The third kappa shape index (κ3) is 3.60.